The largest absolute Gasteiger partial charge is 0.354 e. The van der Waals surface area contributed by atoms with Gasteiger partial charge in [-0.25, -0.2) is 8.42 Å². The predicted octanol–water partition coefficient (Wildman–Crippen LogP) is 2.25. The van der Waals surface area contributed by atoms with Crippen LogP contribution in [0, 0.1) is 5.92 Å². The van der Waals surface area contributed by atoms with Crippen LogP contribution in [0.25, 0.3) is 0 Å². The maximum atomic E-state index is 12.3. The molecule has 0 aromatic heterocycles. The number of hydrogen-bond donors (Lipinski definition) is 1. The number of rotatable bonds is 9. The number of nitrogens with zero attached hydrogens (tertiary/aromatic N) is 2. The van der Waals surface area contributed by atoms with E-state index in [4.69, 9.17) is 0 Å². The lowest BCUT2D eigenvalue weighted by atomic mass is 9.99. The van der Waals surface area contributed by atoms with Crippen LogP contribution in [0.4, 0.5) is 5.69 Å². The van der Waals surface area contributed by atoms with Crippen molar-refractivity contribution in [3.8, 4) is 0 Å². The first-order chi connectivity index (χ1) is 12.8. The molecule has 0 bridgehead atoms. The average Bonchev–Trinajstić information content (AvgIpc) is 2.64. The summed E-state index contributed by atoms with van der Waals surface area (Å²) in [6, 6.07) is 7.32. The second-order valence-electron chi connectivity index (χ2n) is 7.48. The Hall–Kier alpha value is -1.60. The van der Waals surface area contributed by atoms with E-state index in [2.05, 4.69) is 17.1 Å². The van der Waals surface area contributed by atoms with E-state index >= 15 is 0 Å². The predicted molar refractivity (Wildman–Crippen MR) is 110 cm³/mol. The molecular weight excluding hydrogens is 362 g/mol. The van der Waals surface area contributed by atoms with Gasteiger partial charge in [-0.1, -0.05) is 32.0 Å². The Labute approximate surface area is 164 Å². The molecule has 1 aliphatic heterocycles. The van der Waals surface area contributed by atoms with E-state index in [0.29, 0.717) is 18.7 Å². The van der Waals surface area contributed by atoms with Crippen LogP contribution in [0.1, 0.15) is 38.7 Å². The molecule has 1 N–H and O–H groups in total. The van der Waals surface area contributed by atoms with Gasteiger partial charge in [0.05, 0.1) is 11.9 Å². The fraction of sp³-hybridized carbons (Fsp3) is 0.650. The smallest absolute Gasteiger partial charge is 0.240 e. The standard InChI is InChI=1S/C20H33N3O3S/c1-4-18-8-5-6-9-19(18)23(27(3,25)26)16-20(24)21-12-7-13-22-14-10-17(2)11-15-22/h5-6,8-9,17H,4,7,10-16H2,1-3H3,(H,21,24). The summed E-state index contributed by atoms with van der Waals surface area (Å²) in [4.78, 5) is 14.8. The third kappa shape index (κ3) is 6.81. The minimum Gasteiger partial charge on any atom is -0.354 e. The van der Waals surface area contributed by atoms with Crippen LogP contribution < -0.4 is 9.62 Å². The zero-order chi connectivity index (χ0) is 19.9. The molecular formula is C20H33N3O3S. The van der Waals surface area contributed by atoms with Crippen LogP contribution in [-0.2, 0) is 21.2 Å². The Morgan fingerprint density at radius 2 is 1.93 bits per heavy atom. The van der Waals surface area contributed by atoms with Gasteiger partial charge in [0, 0.05) is 6.54 Å². The van der Waals surface area contributed by atoms with Gasteiger partial charge in [-0.05, 0) is 62.9 Å². The number of carbonyl (C=O) groups is 1. The first-order valence-electron chi connectivity index (χ1n) is 9.86. The van der Waals surface area contributed by atoms with Crippen molar-refractivity contribution in [2.24, 2.45) is 5.92 Å². The molecule has 0 radical (unpaired) electrons. The zero-order valence-corrected chi connectivity index (χ0v) is 17.6. The first kappa shape index (κ1) is 21.7. The number of para-hydroxylation sites is 1. The molecule has 1 aromatic carbocycles. The maximum absolute atomic E-state index is 12.3. The van der Waals surface area contributed by atoms with Crippen molar-refractivity contribution in [2.75, 3.05) is 43.3 Å². The number of anilines is 1. The highest BCUT2D eigenvalue weighted by Gasteiger charge is 2.22. The molecule has 6 nitrogen and oxygen atoms in total. The molecule has 7 heteroatoms. The Kier molecular flexibility index (Phi) is 8.10. The monoisotopic (exact) mass is 395 g/mol. The molecule has 1 saturated heterocycles. The van der Waals surface area contributed by atoms with E-state index in [0.717, 1.165) is 43.8 Å². The number of hydrogen-bond acceptors (Lipinski definition) is 4. The molecule has 0 spiro atoms. The van der Waals surface area contributed by atoms with Crippen molar-refractivity contribution in [3.05, 3.63) is 29.8 Å². The molecule has 0 unspecified atom stereocenters. The van der Waals surface area contributed by atoms with Gasteiger partial charge in [-0.2, -0.15) is 0 Å². The van der Waals surface area contributed by atoms with E-state index < -0.39 is 10.0 Å². The molecule has 0 aliphatic carbocycles. The number of benzene rings is 1. The molecule has 152 valence electrons. The molecule has 1 fully saturated rings. The lowest BCUT2D eigenvalue weighted by Gasteiger charge is -2.30. The fourth-order valence-corrected chi connectivity index (χ4v) is 4.32. The lowest BCUT2D eigenvalue weighted by Crippen LogP contribution is -2.41. The average molecular weight is 396 g/mol. The molecule has 1 aliphatic rings. The summed E-state index contributed by atoms with van der Waals surface area (Å²) >= 11 is 0. The van der Waals surface area contributed by atoms with E-state index in [1.54, 1.807) is 12.1 Å². The van der Waals surface area contributed by atoms with Gasteiger partial charge < -0.3 is 10.2 Å². The summed E-state index contributed by atoms with van der Waals surface area (Å²) in [6.07, 6.45) is 5.21. The number of amides is 1. The van der Waals surface area contributed by atoms with E-state index in [-0.39, 0.29) is 12.5 Å². The van der Waals surface area contributed by atoms with Crippen molar-refractivity contribution in [2.45, 2.75) is 39.5 Å². The summed E-state index contributed by atoms with van der Waals surface area (Å²) in [5.41, 5.74) is 1.50. The Morgan fingerprint density at radius 3 is 2.56 bits per heavy atom. The van der Waals surface area contributed by atoms with Crippen LogP contribution in [0.5, 0.6) is 0 Å². The maximum Gasteiger partial charge on any atom is 0.240 e. The number of carbonyl (C=O) groups excluding carboxylic acids is 1. The van der Waals surface area contributed by atoms with Crippen molar-refractivity contribution in [3.63, 3.8) is 0 Å². The minimum absolute atomic E-state index is 0.183. The van der Waals surface area contributed by atoms with Gasteiger partial charge in [0.25, 0.3) is 0 Å². The highest BCUT2D eigenvalue weighted by Crippen LogP contribution is 2.23. The summed E-state index contributed by atoms with van der Waals surface area (Å²) in [6.45, 7) is 7.88. The van der Waals surface area contributed by atoms with Gasteiger partial charge >= 0.3 is 0 Å². The van der Waals surface area contributed by atoms with Gasteiger partial charge in [0.1, 0.15) is 6.54 Å². The van der Waals surface area contributed by atoms with Crippen LogP contribution in [0.2, 0.25) is 0 Å². The highest BCUT2D eigenvalue weighted by atomic mass is 32.2. The van der Waals surface area contributed by atoms with E-state index in [9.17, 15) is 13.2 Å². The third-order valence-electron chi connectivity index (χ3n) is 5.18. The Morgan fingerprint density at radius 1 is 1.26 bits per heavy atom. The fourth-order valence-electron chi connectivity index (χ4n) is 3.44. The summed E-state index contributed by atoms with van der Waals surface area (Å²) in [5.74, 6) is 0.549. The van der Waals surface area contributed by atoms with Crippen molar-refractivity contribution in [1.82, 2.24) is 10.2 Å². The molecule has 0 saturated carbocycles. The molecule has 27 heavy (non-hydrogen) atoms. The van der Waals surface area contributed by atoms with Crippen molar-refractivity contribution in [1.29, 1.82) is 0 Å². The van der Waals surface area contributed by atoms with Crippen molar-refractivity contribution < 1.29 is 13.2 Å². The second kappa shape index (κ2) is 10.1. The molecule has 1 heterocycles. The third-order valence-corrected chi connectivity index (χ3v) is 6.30. The molecule has 0 atom stereocenters. The van der Waals surface area contributed by atoms with Crippen LogP contribution in [0.15, 0.2) is 24.3 Å². The normalized spacial score (nSPS) is 16.3. The summed E-state index contributed by atoms with van der Waals surface area (Å²) in [5, 5.41) is 2.87. The number of nitrogens with one attached hydrogen (secondary N) is 1. The highest BCUT2D eigenvalue weighted by molar-refractivity contribution is 7.92. The topological polar surface area (TPSA) is 69.7 Å². The first-order valence-corrected chi connectivity index (χ1v) is 11.7. The van der Waals surface area contributed by atoms with E-state index in [1.807, 2.05) is 19.1 Å². The molecule has 2 rings (SSSR count). The number of piperidine rings is 1. The number of aryl methyl sites for hydroxylation is 1. The van der Waals surface area contributed by atoms with Crippen LogP contribution in [0.3, 0.4) is 0 Å². The lowest BCUT2D eigenvalue weighted by molar-refractivity contribution is -0.119. The summed E-state index contributed by atoms with van der Waals surface area (Å²) < 4.78 is 25.7. The SMILES string of the molecule is CCc1ccccc1N(CC(=O)NCCCN1CCC(C)CC1)S(C)(=O)=O. The van der Waals surface area contributed by atoms with Gasteiger partial charge in [-0.15, -0.1) is 0 Å². The number of likely N-dealkylation sites (tertiary alicyclic amines) is 1. The van der Waals surface area contributed by atoms with Crippen LogP contribution >= 0.6 is 0 Å². The van der Waals surface area contributed by atoms with Gasteiger partial charge in [0.15, 0.2) is 0 Å². The second-order valence-corrected chi connectivity index (χ2v) is 9.39. The Balaban J connectivity index is 1.86. The van der Waals surface area contributed by atoms with Crippen molar-refractivity contribution >= 4 is 21.6 Å². The summed E-state index contributed by atoms with van der Waals surface area (Å²) in [7, 11) is -3.53. The molecule has 1 amide bonds. The molecule has 1 aromatic rings. The minimum atomic E-state index is -3.53. The van der Waals surface area contributed by atoms with Crippen LogP contribution in [-0.4, -0.2) is 58.2 Å². The van der Waals surface area contributed by atoms with Gasteiger partial charge in [0.2, 0.25) is 15.9 Å². The number of sulfonamides is 1. The quantitative estimate of drug-likeness (QED) is 0.651. The van der Waals surface area contributed by atoms with E-state index in [1.165, 1.54) is 17.1 Å². The van der Waals surface area contributed by atoms with Gasteiger partial charge in [-0.3, -0.25) is 9.10 Å². The zero-order valence-electron chi connectivity index (χ0n) is 16.8. The Bertz CT molecular complexity index is 713.